The number of fused-ring (bicyclic) bond motifs is 1. The molecule has 0 aromatic heterocycles. The van der Waals surface area contributed by atoms with E-state index in [1.54, 1.807) is 6.92 Å². The first-order chi connectivity index (χ1) is 11.0. The van der Waals surface area contributed by atoms with E-state index in [1.165, 1.54) is 0 Å². The van der Waals surface area contributed by atoms with Crippen LogP contribution in [0.1, 0.15) is 13.3 Å². The molecule has 23 heavy (non-hydrogen) atoms. The van der Waals surface area contributed by atoms with Crippen molar-refractivity contribution in [2.75, 3.05) is 32.1 Å². The van der Waals surface area contributed by atoms with E-state index in [2.05, 4.69) is 10.0 Å². The molecule has 0 saturated carbocycles. The number of anilines is 1. The largest absolute Gasteiger partial charge is 0.377 e. The predicted octanol–water partition coefficient (Wildman–Crippen LogP) is 2.04. The summed E-state index contributed by atoms with van der Waals surface area (Å²) < 4.78 is 15.5. The summed E-state index contributed by atoms with van der Waals surface area (Å²) in [7, 11) is 2.67. The van der Waals surface area contributed by atoms with E-state index in [9.17, 15) is 9.00 Å². The van der Waals surface area contributed by atoms with Gasteiger partial charge in [0.05, 0.1) is 4.90 Å². The van der Waals surface area contributed by atoms with Crippen molar-refractivity contribution in [2.45, 2.75) is 18.2 Å². The molecular formula is C17H23N3O2S. The lowest BCUT2D eigenvalue weighted by Crippen LogP contribution is -2.32. The molecule has 0 heterocycles. The molecule has 0 spiro atoms. The standard InChI is InChI=1S/C17H23N3O2S/c1-4-17(21)18-11-12-19-23(22)16-10-6-7-13-14(16)8-5-9-15(13)20(2)3/h5-10,19H,4,11-12H2,1-3H3,(H,18,21). The van der Waals surface area contributed by atoms with Gasteiger partial charge in [0, 0.05) is 50.1 Å². The molecule has 0 bridgehead atoms. The second kappa shape index (κ2) is 8.08. The number of amides is 1. The molecule has 0 fully saturated rings. The molecule has 1 amide bonds. The van der Waals surface area contributed by atoms with E-state index in [4.69, 9.17) is 0 Å². The third-order valence-corrected chi connectivity index (χ3v) is 4.76. The molecule has 2 aromatic rings. The smallest absolute Gasteiger partial charge is 0.219 e. The Labute approximate surface area is 139 Å². The minimum Gasteiger partial charge on any atom is -0.377 e. The normalized spacial score (nSPS) is 12.1. The van der Waals surface area contributed by atoms with Gasteiger partial charge >= 0.3 is 0 Å². The zero-order valence-corrected chi connectivity index (χ0v) is 14.6. The zero-order chi connectivity index (χ0) is 16.8. The Morgan fingerprint density at radius 3 is 2.48 bits per heavy atom. The molecule has 0 aliphatic rings. The van der Waals surface area contributed by atoms with E-state index >= 15 is 0 Å². The molecule has 2 N–H and O–H groups in total. The Balaban J connectivity index is 2.15. The van der Waals surface area contributed by atoms with E-state index < -0.39 is 11.0 Å². The van der Waals surface area contributed by atoms with Gasteiger partial charge < -0.3 is 10.2 Å². The van der Waals surface area contributed by atoms with Crippen LogP contribution in [0.15, 0.2) is 41.3 Å². The average Bonchev–Trinajstić information content (AvgIpc) is 2.56. The van der Waals surface area contributed by atoms with Crippen LogP contribution in [-0.2, 0) is 15.8 Å². The molecule has 6 heteroatoms. The average molecular weight is 333 g/mol. The summed E-state index contributed by atoms with van der Waals surface area (Å²) in [5, 5.41) is 4.81. The number of carbonyl (C=O) groups is 1. The van der Waals surface area contributed by atoms with Crippen LogP contribution >= 0.6 is 0 Å². The van der Waals surface area contributed by atoms with Gasteiger partial charge in [0.15, 0.2) is 0 Å². The van der Waals surface area contributed by atoms with Crippen LogP contribution in [0.3, 0.4) is 0 Å². The number of hydrogen-bond donors (Lipinski definition) is 2. The summed E-state index contributed by atoms with van der Waals surface area (Å²) in [6.45, 7) is 2.73. The molecule has 2 aromatic carbocycles. The van der Waals surface area contributed by atoms with Gasteiger partial charge in [-0.05, 0) is 12.1 Å². The van der Waals surface area contributed by atoms with Crippen LogP contribution in [-0.4, -0.2) is 37.3 Å². The molecular weight excluding hydrogens is 310 g/mol. The van der Waals surface area contributed by atoms with Gasteiger partial charge in [-0.1, -0.05) is 31.2 Å². The number of benzene rings is 2. The molecule has 0 radical (unpaired) electrons. The minimum atomic E-state index is -1.32. The summed E-state index contributed by atoms with van der Waals surface area (Å²) in [6.07, 6.45) is 0.458. The van der Waals surface area contributed by atoms with E-state index in [0.717, 1.165) is 21.4 Å². The Morgan fingerprint density at radius 1 is 1.09 bits per heavy atom. The number of hydrogen-bond acceptors (Lipinski definition) is 3. The lowest BCUT2D eigenvalue weighted by molar-refractivity contribution is -0.120. The Bertz CT molecular complexity index is 716. The van der Waals surface area contributed by atoms with Crippen molar-refractivity contribution in [3.8, 4) is 0 Å². The van der Waals surface area contributed by atoms with Gasteiger partial charge in [-0.3, -0.25) is 4.79 Å². The van der Waals surface area contributed by atoms with Crippen LogP contribution in [0.2, 0.25) is 0 Å². The molecule has 1 atom stereocenters. The third kappa shape index (κ3) is 4.30. The van der Waals surface area contributed by atoms with Crippen molar-refractivity contribution >= 4 is 33.4 Å². The Morgan fingerprint density at radius 2 is 1.78 bits per heavy atom. The summed E-state index contributed by atoms with van der Waals surface area (Å²) in [5.74, 6) is -0.00151. The highest BCUT2D eigenvalue weighted by atomic mass is 32.2. The quantitative estimate of drug-likeness (QED) is 0.762. The van der Waals surface area contributed by atoms with Crippen molar-refractivity contribution in [3.05, 3.63) is 36.4 Å². The number of rotatable bonds is 7. The lowest BCUT2D eigenvalue weighted by Gasteiger charge is -2.16. The van der Waals surface area contributed by atoms with Gasteiger partial charge in [0.2, 0.25) is 5.91 Å². The van der Waals surface area contributed by atoms with Gasteiger partial charge in [-0.25, -0.2) is 8.93 Å². The van der Waals surface area contributed by atoms with Crippen molar-refractivity contribution in [1.82, 2.24) is 10.0 Å². The maximum absolute atomic E-state index is 12.5. The van der Waals surface area contributed by atoms with Crippen molar-refractivity contribution in [3.63, 3.8) is 0 Å². The fraction of sp³-hybridized carbons (Fsp3) is 0.353. The van der Waals surface area contributed by atoms with Crippen molar-refractivity contribution in [2.24, 2.45) is 0 Å². The first-order valence-corrected chi connectivity index (χ1v) is 8.80. The summed E-state index contributed by atoms with van der Waals surface area (Å²) in [4.78, 5) is 14.0. The zero-order valence-electron chi connectivity index (χ0n) is 13.8. The summed E-state index contributed by atoms with van der Waals surface area (Å²) in [6, 6.07) is 11.8. The van der Waals surface area contributed by atoms with Crippen LogP contribution in [0.5, 0.6) is 0 Å². The van der Waals surface area contributed by atoms with Crippen molar-refractivity contribution < 1.29 is 9.00 Å². The summed E-state index contributed by atoms with van der Waals surface area (Å²) in [5.41, 5.74) is 1.09. The first kappa shape index (κ1) is 17.4. The molecule has 1 unspecified atom stereocenters. The Hall–Kier alpha value is -1.92. The second-order valence-electron chi connectivity index (χ2n) is 5.39. The maximum Gasteiger partial charge on any atom is 0.219 e. The number of carbonyl (C=O) groups excluding carboxylic acids is 1. The van der Waals surface area contributed by atoms with Gasteiger partial charge in [-0.2, -0.15) is 0 Å². The van der Waals surface area contributed by atoms with E-state index in [-0.39, 0.29) is 5.91 Å². The Kier molecular flexibility index (Phi) is 6.12. The first-order valence-electron chi connectivity index (χ1n) is 7.65. The highest BCUT2D eigenvalue weighted by Crippen LogP contribution is 2.29. The van der Waals surface area contributed by atoms with E-state index in [1.807, 2.05) is 55.4 Å². The fourth-order valence-corrected chi connectivity index (χ4v) is 3.39. The van der Waals surface area contributed by atoms with Gasteiger partial charge in [0.1, 0.15) is 11.0 Å². The van der Waals surface area contributed by atoms with Gasteiger partial charge in [0.25, 0.3) is 0 Å². The molecule has 0 aliphatic heterocycles. The lowest BCUT2D eigenvalue weighted by atomic mass is 10.1. The maximum atomic E-state index is 12.5. The van der Waals surface area contributed by atoms with Crippen LogP contribution in [0.4, 0.5) is 5.69 Å². The summed E-state index contributed by atoms with van der Waals surface area (Å²) >= 11 is 0. The highest BCUT2D eigenvalue weighted by Gasteiger charge is 2.11. The fourth-order valence-electron chi connectivity index (χ4n) is 2.36. The predicted molar refractivity (Wildman–Crippen MR) is 96.0 cm³/mol. The number of nitrogens with zero attached hydrogens (tertiary/aromatic N) is 1. The highest BCUT2D eigenvalue weighted by molar-refractivity contribution is 7.83. The number of nitrogens with one attached hydrogen (secondary N) is 2. The molecule has 124 valence electrons. The van der Waals surface area contributed by atoms with Gasteiger partial charge in [-0.15, -0.1) is 0 Å². The van der Waals surface area contributed by atoms with E-state index in [0.29, 0.717) is 19.5 Å². The third-order valence-electron chi connectivity index (χ3n) is 3.54. The minimum absolute atomic E-state index is 0.00151. The second-order valence-corrected chi connectivity index (χ2v) is 6.66. The molecule has 0 aliphatic carbocycles. The molecule has 0 saturated heterocycles. The molecule has 5 nitrogen and oxygen atoms in total. The van der Waals surface area contributed by atoms with Crippen LogP contribution < -0.4 is 14.9 Å². The van der Waals surface area contributed by atoms with Crippen molar-refractivity contribution in [1.29, 1.82) is 0 Å². The van der Waals surface area contributed by atoms with Crippen LogP contribution in [0, 0.1) is 0 Å². The molecule has 2 rings (SSSR count). The SMILES string of the molecule is CCC(=O)NCCNS(=O)c1cccc2c(N(C)C)cccc12. The topological polar surface area (TPSA) is 61.4 Å². The van der Waals surface area contributed by atoms with Crippen LogP contribution in [0.25, 0.3) is 10.8 Å². The monoisotopic (exact) mass is 333 g/mol.